The second kappa shape index (κ2) is 8.36. The lowest BCUT2D eigenvalue weighted by atomic mass is 10.0. The van der Waals surface area contributed by atoms with Crippen molar-refractivity contribution in [1.82, 2.24) is 4.57 Å². The number of hydrogen-bond donors (Lipinski definition) is 2. The van der Waals surface area contributed by atoms with Crippen LogP contribution in [0.25, 0.3) is 11.1 Å². The molecule has 0 bridgehead atoms. The highest BCUT2D eigenvalue weighted by molar-refractivity contribution is 5.94. The molecule has 0 amide bonds. The third kappa shape index (κ3) is 4.32. The minimum atomic E-state index is -0.851. The summed E-state index contributed by atoms with van der Waals surface area (Å²) in [6, 6.07) is 7.74. The summed E-state index contributed by atoms with van der Waals surface area (Å²) in [5, 5.41) is 0. The number of anilines is 2. The minimum absolute atomic E-state index is 0.0227. The van der Waals surface area contributed by atoms with E-state index < -0.39 is 11.6 Å². The third-order valence-electron chi connectivity index (χ3n) is 4.36. The molecule has 0 radical (unpaired) electrons. The number of pyridine rings is 1. The van der Waals surface area contributed by atoms with Crippen LogP contribution in [0.2, 0.25) is 0 Å². The lowest BCUT2D eigenvalue weighted by Gasteiger charge is -2.16. The Kier molecular flexibility index (Phi) is 5.86. The van der Waals surface area contributed by atoms with Crippen LogP contribution >= 0.6 is 0 Å². The molecule has 156 valence electrons. The van der Waals surface area contributed by atoms with Crippen molar-refractivity contribution < 1.29 is 13.5 Å². The molecule has 0 fully saturated rings. The summed E-state index contributed by atoms with van der Waals surface area (Å²) in [4.78, 5) is 16.8. The van der Waals surface area contributed by atoms with Gasteiger partial charge >= 0.3 is 0 Å². The van der Waals surface area contributed by atoms with E-state index >= 15 is 0 Å². The van der Waals surface area contributed by atoms with E-state index in [2.05, 4.69) is 4.99 Å². The van der Waals surface area contributed by atoms with E-state index in [0.717, 1.165) is 12.1 Å². The average molecular weight is 412 g/mol. The van der Waals surface area contributed by atoms with Gasteiger partial charge in [0.15, 0.2) is 11.6 Å². The Morgan fingerprint density at radius 2 is 1.77 bits per heavy atom. The Balaban J connectivity index is 2.18. The number of hydrogen-bond acceptors (Lipinski definition) is 5. The van der Waals surface area contributed by atoms with Gasteiger partial charge in [-0.1, -0.05) is 0 Å². The molecule has 0 unspecified atom stereocenters. The molecule has 0 aliphatic carbocycles. The molecule has 8 heteroatoms. The fourth-order valence-electron chi connectivity index (χ4n) is 2.86. The first-order chi connectivity index (χ1) is 14.2. The van der Waals surface area contributed by atoms with Crippen molar-refractivity contribution in [1.29, 1.82) is 0 Å². The highest BCUT2D eigenvalue weighted by Crippen LogP contribution is 2.38. The minimum Gasteiger partial charge on any atom is -0.454 e. The second-order valence-corrected chi connectivity index (χ2v) is 7.09. The van der Waals surface area contributed by atoms with Crippen LogP contribution in [0, 0.1) is 11.6 Å². The first kappa shape index (κ1) is 21.0. The molecule has 6 nitrogen and oxygen atoms in total. The Morgan fingerprint density at radius 3 is 2.43 bits per heavy atom. The lowest BCUT2D eigenvalue weighted by Crippen LogP contribution is -2.23. The number of nitrogen functional groups attached to an aromatic ring is 2. The van der Waals surface area contributed by atoms with Gasteiger partial charge in [-0.15, -0.1) is 0 Å². The van der Waals surface area contributed by atoms with E-state index in [4.69, 9.17) is 16.2 Å². The maximum absolute atomic E-state index is 14.1. The van der Waals surface area contributed by atoms with Crippen LogP contribution in [0.4, 0.5) is 20.2 Å². The first-order valence-corrected chi connectivity index (χ1v) is 9.22. The van der Waals surface area contributed by atoms with Gasteiger partial charge in [0.05, 0.1) is 11.3 Å². The summed E-state index contributed by atoms with van der Waals surface area (Å²) >= 11 is 0. The van der Waals surface area contributed by atoms with Gasteiger partial charge in [-0.25, -0.2) is 8.78 Å². The Hall–Kier alpha value is -3.68. The highest BCUT2D eigenvalue weighted by Gasteiger charge is 2.18. The van der Waals surface area contributed by atoms with Crippen LogP contribution in [-0.4, -0.2) is 16.8 Å². The van der Waals surface area contributed by atoms with Gasteiger partial charge < -0.3 is 20.8 Å². The van der Waals surface area contributed by atoms with E-state index in [9.17, 15) is 13.6 Å². The fourth-order valence-corrected chi connectivity index (χ4v) is 2.86. The average Bonchev–Trinajstić information content (AvgIpc) is 2.68. The predicted molar refractivity (Wildman–Crippen MR) is 115 cm³/mol. The molecule has 30 heavy (non-hydrogen) atoms. The van der Waals surface area contributed by atoms with E-state index in [1.54, 1.807) is 31.4 Å². The second-order valence-electron chi connectivity index (χ2n) is 7.09. The van der Waals surface area contributed by atoms with Gasteiger partial charge in [-0.05, 0) is 44.2 Å². The Morgan fingerprint density at radius 1 is 1.07 bits per heavy atom. The topological polar surface area (TPSA) is 95.6 Å². The Bertz CT molecular complexity index is 1190. The molecule has 0 atom stereocenters. The van der Waals surface area contributed by atoms with Gasteiger partial charge in [0, 0.05) is 48.4 Å². The molecule has 3 rings (SSSR count). The van der Waals surface area contributed by atoms with Crippen molar-refractivity contribution >= 4 is 17.6 Å². The van der Waals surface area contributed by atoms with Gasteiger partial charge in [-0.3, -0.25) is 9.79 Å². The Labute approximate surface area is 172 Å². The zero-order chi connectivity index (χ0) is 22.0. The van der Waals surface area contributed by atoms with Gasteiger partial charge in [0.1, 0.15) is 11.6 Å². The smallest absolute Gasteiger partial charge is 0.261 e. The monoisotopic (exact) mass is 412 g/mol. The van der Waals surface area contributed by atoms with E-state index in [1.165, 1.54) is 16.8 Å². The van der Waals surface area contributed by atoms with E-state index in [0.29, 0.717) is 16.8 Å². The number of aryl methyl sites for hydroxylation is 1. The van der Waals surface area contributed by atoms with E-state index in [-0.39, 0.29) is 34.4 Å². The SMILES string of the molecule is CC(C)N=Cc1c(N)c(-c2cc(N)ccc2Oc2ccc(F)cc2F)cn(C)c1=O. The fraction of sp³-hybridized carbons (Fsp3) is 0.182. The van der Waals surface area contributed by atoms with Gasteiger partial charge in [-0.2, -0.15) is 0 Å². The summed E-state index contributed by atoms with van der Waals surface area (Å²) in [7, 11) is 1.59. The summed E-state index contributed by atoms with van der Waals surface area (Å²) in [6.07, 6.45) is 2.99. The number of rotatable bonds is 5. The summed E-state index contributed by atoms with van der Waals surface area (Å²) < 4.78 is 34.4. The van der Waals surface area contributed by atoms with Crippen molar-refractivity contribution in [2.24, 2.45) is 12.0 Å². The number of nitrogens with zero attached hydrogens (tertiary/aromatic N) is 2. The molecule has 2 aromatic carbocycles. The zero-order valence-electron chi connectivity index (χ0n) is 16.8. The number of ether oxygens (including phenoxy) is 1. The molecule has 0 spiro atoms. The number of aromatic nitrogens is 1. The molecule has 0 aliphatic rings. The van der Waals surface area contributed by atoms with Crippen molar-refractivity contribution in [3.05, 3.63) is 70.1 Å². The predicted octanol–water partition coefficient (Wildman–Crippen LogP) is 4.11. The molecule has 1 aromatic heterocycles. The molecule has 0 aliphatic heterocycles. The molecule has 3 aromatic rings. The van der Waals surface area contributed by atoms with Crippen molar-refractivity contribution in [3.63, 3.8) is 0 Å². The van der Waals surface area contributed by atoms with E-state index in [1.807, 2.05) is 13.8 Å². The summed E-state index contributed by atoms with van der Waals surface area (Å²) in [5.74, 6) is -1.48. The lowest BCUT2D eigenvalue weighted by molar-refractivity contribution is 0.439. The van der Waals surface area contributed by atoms with Gasteiger partial charge in [0.25, 0.3) is 5.56 Å². The third-order valence-corrected chi connectivity index (χ3v) is 4.36. The van der Waals surface area contributed by atoms with Crippen LogP contribution in [-0.2, 0) is 7.05 Å². The van der Waals surface area contributed by atoms with Crippen LogP contribution in [0.3, 0.4) is 0 Å². The van der Waals surface area contributed by atoms with Gasteiger partial charge in [0.2, 0.25) is 0 Å². The molecule has 1 heterocycles. The molecule has 4 N–H and O–H groups in total. The highest BCUT2D eigenvalue weighted by atomic mass is 19.1. The summed E-state index contributed by atoms with van der Waals surface area (Å²) in [6.45, 7) is 3.75. The standard InChI is InChI=1S/C22H22F2N4O2/c1-12(2)27-10-16-21(26)17(11-28(3)22(16)29)15-9-14(25)5-7-19(15)30-20-6-4-13(23)8-18(20)24/h4-12H,25-26H2,1-3H3. The molecular weight excluding hydrogens is 390 g/mol. The normalized spacial score (nSPS) is 11.4. The van der Waals surface area contributed by atoms with Crippen LogP contribution < -0.4 is 21.8 Å². The maximum Gasteiger partial charge on any atom is 0.261 e. The first-order valence-electron chi connectivity index (χ1n) is 9.22. The van der Waals surface area contributed by atoms with Crippen LogP contribution in [0.5, 0.6) is 11.5 Å². The number of benzene rings is 2. The van der Waals surface area contributed by atoms with Crippen molar-refractivity contribution in [3.8, 4) is 22.6 Å². The molecular formula is C22H22F2N4O2. The van der Waals surface area contributed by atoms with Crippen LogP contribution in [0.1, 0.15) is 19.4 Å². The number of nitrogens with two attached hydrogens (primary N) is 2. The molecule has 0 saturated carbocycles. The zero-order valence-corrected chi connectivity index (χ0v) is 16.8. The quantitative estimate of drug-likeness (QED) is 0.487. The van der Waals surface area contributed by atoms with Crippen molar-refractivity contribution in [2.45, 2.75) is 19.9 Å². The molecule has 0 saturated heterocycles. The number of halogens is 2. The maximum atomic E-state index is 14.1. The van der Waals surface area contributed by atoms with Crippen LogP contribution in [0.15, 0.2) is 52.4 Å². The largest absolute Gasteiger partial charge is 0.454 e. The van der Waals surface area contributed by atoms with Crippen molar-refractivity contribution in [2.75, 3.05) is 11.5 Å². The summed E-state index contributed by atoms with van der Waals surface area (Å²) in [5.41, 5.74) is 13.7. The number of aliphatic imine (C=N–C) groups is 1.